The molecule has 0 aliphatic heterocycles. The van der Waals surface area contributed by atoms with Gasteiger partial charge in [0.1, 0.15) is 0 Å². The summed E-state index contributed by atoms with van der Waals surface area (Å²) in [5.41, 5.74) is 11.5. The van der Waals surface area contributed by atoms with E-state index in [9.17, 15) is 9.59 Å². The number of carbonyl (C=O) groups is 2. The molecule has 5 N–H and O–H groups in total. The Morgan fingerprint density at radius 3 is 2.31 bits per heavy atom. The number of nitrogens with one attached hydrogen (secondary N) is 1. The molecule has 0 saturated heterocycles. The van der Waals surface area contributed by atoms with Crippen LogP contribution in [-0.2, 0) is 4.79 Å². The van der Waals surface area contributed by atoms with E-state index < -0.39 is 6.03 Å². The van der Waals surface area contributed by atoms with Gasteiger partial charge in [-0.2, -0.15) is 0 Å². The van der Waals surface area contributed by atoms with Crippen molar-refractivity contribution in [2.24, 2.45) is 11.5 Å². The minimum Gasteiger partial charge on any atom is -0.369 e. The zero-order valence-electron chi connectivity index (χ0n) is 8.64. The minimum atomic E-state index is -0.600. The van der Waals surface area contributed by atoms with Crippen molar-refractivity contribution in [3.8, 4) is 0 Å². The monoisotopic (exact) mass is 219 g/mol. The van der Waals surface area contributed by atoms with Crippen LogP contribution in [0.2, 0.25) is 0 Å². The number of urea groups is 1. The quantitative estimate of drug-likeness (QED) is 0.705. The maximum Gasteiger partial charge on any atom is 0.316 e. The van der Waals surface area contributed by atoms with Crippen LogP contribution in [0.25, 0.3) is 6.08 Å². The predicted molar refractivity (Wildman–Crippen MR) is 62.5 cm³/mol. The summed E-state index contributed by atoms with van der Waals surface area (Å²) in [6, 6.07) is 6.42. The molecule has 0 spiro atoms. The largest absolute Gasteiger partial charge is 0.369 e. The molecule has 0 saturated carbocycles. The van der Waals surface area contributed by atoms with Gasteiger partial charge in [-0.25, -0.2) is 4.79 Å². The maximum atomic E-state index is 10.5. The van der Waals surface area contributed by atoms with Crippen LogP contribution in [0.5, 0.6) is 0 Å². The SMILES string of the molecule is NC(=O)CC=Cc1ccc(NC(N)=O)cc1. The topological polar surface area (TPSA) is 98.2 Å². The molecular weight excluding hydrogens is 206 g/mol. The van der Waals surface area contributed by atoms with Crippen molar-refractivity contribution < 1.29 is 9.59 Å². The van der Waals surface area contributed by atoms with E-state index in [1.54, 1.807) is 36.4 Å². The molecule has 0 aliphatic rings. The van der Waals surface area contributed by atoms with Gasteiger partial charge < -0.3 is 16.8 Å². The third-order valence-electron chi connectivity index (χ3n) is 1.81. The molecule has 1 aromatic carbocycles. The summed E-state index contributed by atoms with van der Waals surface area (Å²) in [6.45, 7) is 0. The van der Waals surface area contributed by atoms with E-state index in [0.29, 0.717) is 5.69 Å². The van der Waals surface area contributed by atoms with Crippen LogP contribution in [0.1, 0.15) is 12.0 Å². The first-order chi connectivity index (χ1) is 7.58. The normalized spacial score (nSPS) is 10.2. The number of amides is 3. The Morgan fingerprint density at radius 1 is 1.19 bits per heavy atom. The molecule has 0 fully saturated rings. The Balaban J connectivity index is 2.60. The van der Waals surface area contributed by atoms with E-state index in [1.807, 2.05) is 0 Å². The Kier molecular flexibility index (Phi) is 4.08. The van der Waals surface area contributed by atoms with Crippen LogP contribution in [0.15, 0.2) is 30.3 Å². The third kappa shape index (κ3) is 4.28. The van der Waals surface area contributed by atoms with Crippen LogP contribution < -0.4 is 16.8 Å². The van der Waals surface area contributed by atoms with Crippen molar-refractivity contribution in [2.75, 3.05) is 5.32 Å². The van der Waals surface area contributed by atoms with Gasteiger partial charge in [0.05, 0.1) is 0 Å². The molecule has 0 unspecified atom stereocenters. The molecule has 5 heteroatoms. The van der Waals surface area contributed by atoms with Gasteiger partial charge in [-0.1, -0.05) is 24.3 Å². The fourth-order valence-electron chi connectivity index (χ4n) is 1.13. The summed E-state index contributed by atoms with van der Waals surface area (Å²) in [7, 11) is 0. The molecule has 1 rings (SSSR count). The van der Waals surface area contributed by atoms with Crippen molar-refractivity contribution in [1.82, 2.24) is 0 Å². The molecular formula is C11H13N3O2. The molecule has 0 aliphatic carbocycles. The fourth-order valence-corrected chi connectivity index (χ4v) is 1.13. The number of nitrogens with two attached hydrogens (primary N) is 2. The molecule has 16 heavy (non-hydrogen) atoms. The lowest BCUT2D eigenvalue weighted by atomic mass is 10.2. The summed E-state index contributed by atoms with van der Waals surface area (Å²) in [5, 5.41) is 2.45. The second-order valence-electron chi connectivity index (χ2n) is 3.18. The minimum absolute atomic E-state index is 0.210. The van der Waals surface area contributed by atoms with Crippen molar-refractivity contribution in [3.63, 3.8) is 0 Å². The highest BCUT2D eigenvalue weighted by atomic mass is 16.2. The smallest absolute Gasteiger partial charge is 0.316 e. The summed E-state index contributed by atoms with van der Waals surface area (Å²) in [5.74, 6) is -0.372. The van der Waals surface area contributed by atoms with Crippen molar-refractivity contribution in [3.05, 3.63) is 35.9 Å². The van der Waals surface area contributed by atoms with Gasteiger partial charge in [-0.05, 0) is 17.7 Å². The van der Waals surface area contributed by atoms with Gasteiger partial charge >= 0.3 is 6.03 Å². The van der Waals surface area contributed by atoms with Crippen molar-refractivity contribution in [2.45, 2.75) is 6.42 Å². The lowest BCUT2D eigenvalue weighted by Gasteiger charge is -2.01. The van der Waals surface area contributed by atoms with Gasteiger partial charge in [0.2, 0.25) is 5.91 Å². The number of rotatable bonds is 4. The van der Waals surface area contributed by atoms with Crippen LogP contribution in [-0.4, -0.2) is 11.9 Å². The Bertz CT molecular complexity index is 410. The summed E-state index contributed by atoms with van der Waals surface area (Å²) in [6.07, 6.45) is 3.67. The van der Waals surface area contributed by atoms with E-state index in [-0.39, 0.29) is 12.3 Å². The molecule has 0 heterocycles. The lowest BCUT2D eigenvalue weighted by Crippen LogP contribution is -2.19. The number of hydrogen-bond acceptors (Lipinski definition) is 2. The Hall–Kier alpha value is -2.30. The van der Waals surface area contributed by atoms with Crippen molar-refractivity contribution >= 4 is 23.7 Å². The van der Waals surface area contributed by atoms with Gasteiger partial charge in [-0.3, -0.25) is 4.79 Å². The zero-order valence-corrected chi connectivity index (χ0v) is 8.64. The van der Waals surface area contributed by atoms with E-state index in [2.05, 4.69) is 5.32 Å². The lowest BCUT2D eigenvalue weighted by molar-refractivity contribution is -0.117. The number of hydrogen-bond donors (Lipinski definition) is 3. The zero-order chi connectivity index (χ0) is 12.0. The molecule has 84 valence electrons. The number of primary amides is 2. The van der Waals surface area contributed by atoms with Crippen LogP contribution in [0.3, 0.4) is 0 Å². The molecule has 0 aromatic heterocycles. The number of benzene rings is 1. The Morgan fingerprint density at radius 2 is 1.81 bits per heavy atom. The van der Waals surface area contributed by atoms with Gasteiger partial charge in [0.15, 0.2) is 0 Å². The summed E-state index contributed by atoms with van der Waals surface area (Å²) in [4.78, 5) is 21.0. The molecule has 0 bridgehead atoms. The first-order valence-corrected chi connectivity index (χ1v) is 4.69. The van der Waals surface area contributed by atoms with Crippen LogP contribution >= 0.6 is 0 Å². The first-order valence-electron chi connectivity index (χ1n) is 4.69. The average molecular weight is 219 g/mol. The first kappa shape index (κ1) is 11.8. The van der Waals surface area contributed by atoms with Crippen molar-refractivity contribution in [1.29, 1.82) is 0 Å². The number of anilines is 1. The van der Waals surface area contributed by atoms with Crippen LogP contribution in [0.4, 0.5) is 10.5 Å². The number of carbonyl (C=O) groups excluding carboxylic acids is 2. The Labute approximate surface area is 93.1 Å². The average Bonchev–Trinajstić information content (AvgIpc) is 2.19. The van der Waals surface area contributed by atoms with Gasteiger partial charge in [0, 0.05) is 12.1 Å². The summed E-state index contributed by atoms with van der Waals surface area (Å²) >= 11 is 0. The molecule has 1 aromatic rings. The molecule has 5 nitrogen and oxygen atoms in total. The van der Waals surface area contributed by atoms with E-state index in [4.69, 9.17) is 11.5 Å². The fraction of sp³-hybridized carbons (Fsp3) is 0.0909. The van der Waals surface area contributed by atoms with Crippen LogP contribution in [0, 0.1) is 0 Å². The van der Waals surface area contributed by atoms with Gasteiger partial charge in [0.25, 0.3) is 0 Å². The summed E-state index contributed by atoms with van der Waals surface area (Å²) < 4.78 is 0. The maximum absolute atomic E-state index is 10.5. The van der Waals surface area contributed by atoms with E-state index in [1.165, 1.54) is 0 Å². The third-order valence-corrected chi connectivity index (χ3v) is 1.81. The molecule has 0 radical (unpaired) electrons. The second-order valence-corrected chi connectivity index (χ2v) is 3.18. The molecule has 0 atom stereocenters. The predicted octanol–water partition coefficient (Wildman–Crippen LogP) is 1.07. The second kappa shape index (κ2) is 5.55. The van der Waals surface area contributed by atoms with E-state index in [0.717, 1.165) is 5.56 Å². The highest BCUT2D eigenvalue weighted by Crippen LogP contribution is 2.10. The van der Waals surface area contributed by atoms with E-state index >= 15 is 0 Å². The molecule has 3 amide bonds. The standard InChI is InChI=1S/C11H13N3O2/c12-10(15)3-1-2-8-4-6-9(7-5-8)14-11(13)16/h1-2,4-7H,3H2,(H2,12,15)(H3,13,14,16). The highest BCUT2D eigenvalue weighted by Gasteiger charge is 1.94. The van der Waals surface area contributed by atoms with Gasteiger partial charge in [-0.15, -0.1) is 0 Å². The highest BCUT2D eigenvalue weighted by molar-refractivity contribution is 5.87.